The summed E-state index contributed by atoms with van der Waals surface area (Å²) in [7, 11) is 0. The molecule has 184 valence electrons. The molecule has 0 bridgehead atoms. The summed E-state index contributed by atoms with van der Waals surface area (Å²) in [5, 5.41) is 7.30. The first-order chi connectivity index (χ1) is 17.1. The molecule has 2 aliphatic rings. The van der Waals surface area contributed by atoms with Crippen molar-refractivity contribution in [1.29, 1.82) is 0 Å². The molecule has 1 amide bonds. The van der Waals surface area contributed by atoms with E-state index in [0.717, 1.165) is 49.2 Å². The van der Waals surface area contributed by atoms with Crippen molar-refractivity contribution >= 4 is 5.91 Å². The lowest BCUT2D eigenvalue weighted by Gasteiger charge is -2.30. The summed E-state index contributed by atoms with van der Waals surface area (Å²) in [5.74, 6) is 1.48. The molecule has 2 aromatic carbocycles. The first-order valence-electron chi connectivity index (χ1n) is 12.8. The van der Waals surface area contributed by atoms with Crippen molar-refractivity contribution in [2.75, 3.05) is 26.2 Å². The molecule has 7 nitrogen and oxygen atoms in total. The minimum atomic E-state index is 0.0610. The van der Waals surface area contributed by atoms with E-state index in [9.17, 15) is 4.79 Å². The summed E-state index contributed by atoms with van der Waals surface area (Å²) in [5.41, 5.74) is 4.63. The second-order valence-corrected chi connectivity index (χ2v) is 9.89. The van der Waals surface area contributed by atoms with Crippen LogP contribution in [-0.4, -0.2) is 52.0 Å². The number of benzene rings is 2. The highest BCUT2D eigenvalue weighted by Crippen LogP contribution is 2.22. The van der Waals surface area contributed by atoms with Gasteiger partial charge in [0.2, 0.25) is 17.6 Å². The van der Waals surface area contributed by atoms with Gasteiger partial charge in [-0.25, -0.2) is 0 Å². The number of aromatic nitrogens is 2. The van der Waals surface area contributed by atoms with Crippen molar-refractivity contribution in [3.05, 3.63) is 71.1 Å². The highest BCUT2D eigenvalue weighted by Gasteiger charge is 2.26. The highest BCUT2D eigenvalue weighted by molar-refractivity contribution is 5.78. The van der Waals surface area contributed by atoms with Crippen LogP contribution in [0.2, 0.25) is 0 Å². The Labute approximate surface area is 207 Å². The minimum absolute atomic E-state index is 0.0610. The number of hydrogen-bond donors (Lipinski definition) is 1. The number of aryl methyl sites for hydroxylation is 1. The van der Waals surface area contributed by atoms with Gasteiger partial charge in [-0.2, -0.15) is 4.98 Å². The molecule has 1 aromatic heterocycles. The molecule has 2 aliphatic heterocycles. The Morgan fingerprint density at radius 1 is 0.943 bits per heavy atom. The van der Waals surface area contributed by atoms with E-state index < -0.39 is 0 Å². The van der Waals surface area contributed by atoms with E-state index in [4.69, 9.17) is 4.52 Å². The van der Waals surface area contributed by atoms with E-state index in [1.54, 1.807) is 0 Å². The fraction of sp³-hybridized carbons (Fsp3) is 0.464. The quantitative estimate of drug-likeness (QED) is 0.529. The Bertz CT molecular complexity index is 1110. The number of nitrogens with one attached hydrogen (secondary N) is 1. The van der Waals surface area contributed by atoms with E-state index in [1.165, 1.54) is 31.5 Å². The second-order valence-electron chi connectivity index (χ2n) is 9.89. The van der Waals surface area contributed by atoms with Crippen LogP contribution in [0.1, 0.15) is 48.3 Å². The molecule has 0 unspecified atom stereocenters. The highest BCUT2D eigenvalue weighted by atomic mass is 16.5. The molecule has 3 heterocycles. The van der Waals surface area contributed by atoms with E-state index >= 15 is 0 Å². The van der Waals surface area contributed by atoms with Gasteiger partial charge < -0.3 is 9.84 Å². The van der Waals surface area contributed by atoms with Crippen LogP contribution in [0.25, 0.3) is 11.4 Å². The van der Waals surface area contributed by atoms with Crippen molar-refractivity contribution in [3.8, 4) is 11.4 Å². The number of amides is 1. The molecule has 7 heteroatoms. The number of nitrogens with zero attached hydrogens (tertiary/aromatic N) is 4. The van der Waals surface area contributed by atoms with Crippen molar-refractivity contribution < 1.29 is 9.32 Å². The summed E-state index contributed by atoms with van der Waals surface area (Å²) in [4.78, 5) is 22.1. The second kappa shape index (κ2) is 11.1. The number of carbonyl (C=O) groups excluding carboxylic acids is 1. The molecule has 0 aliphatic carbocycles. The minimum Gasteiger partial charge on any atom is -0.352 e. The standard InChI is InChI=1S/C28H35N5O2/c1-21-6-2-3-7-25(21)27-30-26(35-31-27)20-33-16-12-24(13-17-33)28(34)29-18-22-8-10-23(11-9-22)19-32-14-4-5-15-32/h2-3,6-11,24H,4-5,12-20H2,1H3,(H,29,34). The first kappa shape index (κ1) is 23.7. The average molecular weight is 474 g/mol. The molecule has 2 saturated heterocycles. The maximum Gasteiger partial charge on any atom is 0.241 e. The third-order valence-electron chi connectivity index (χ3n) is 7.27. The number of piperidine rings is 1. The Kier molecular flexibility index (Phi) is 7.54. The lowest BCUT2D eigenvalue weighted by molar-refractivity contribution is -0.126. The van der Waals surface area contributed by atoms with Crippen LogP contribution in [-0.2, 0) is 24.4 Å². The molecule has 35 heavy (non-hydrogen) atoms. The molecule has 5 rings (SSSR count). The van der Waals surface area contributed by atoms with Crippen LogP contribution < -0.4 is 5.32 Å². The maximum absolute atomic E-state index is 12.7. The molecule has 1 N–H and O–H groups in total. The van der Waals surface area contributed by atoms with Crippen molar-refractivity contribution in [2.45, 2.75) is 52.2 Å². The molecule has 0 atom stereocenters. The van der Waals surface area contributed by atoms with Crippen molar-refractivity contribution in [3.63, 3.8) is 0 Å². The van der Waals surface area contributed by atoms with Gasteiger partial charge in [-0.3, -0.25) is 14.6 Å². The van der Waals surface area contributed by atoms with Gasteiger partial charge >= 0.3 is 0 Å². The Morgan fingerprint density at radius 2 is 1.63 bits per heavy atom. The molecule has 2 fully saturated rings. The van der Waals surface area contributed by atoms with Gasteiger partial charge in [0, 0.05) is 24.6 Å². The fourth-order valence-corrected chi connectivity index (χ4v) is 5.09. The normalized spacial score (nSPS) is 17.6. The van der Waals surface area contributed by atoms with E-state index in [1.807, 2.05) is 31.2 Å². The van der Waals surface area contributed by atoms with Gasteiger partial charge in [0.05, 0.1) is 6.54 Å². The van der Waals surface area contributed by atoms with Gasteiger partial charge in [0.15, 0.2) is 0 Å². The van der Waals surface area contributed by atoms with Crippen LogP contribution >= 0.6 is 0 Å². The van der Waals surface area contributed by atoms with Gasteiger partial charge in [0.25, 0.3) is 0 Å². The zero-order valence-electron chi connectivity index (χ0n) is 20.6. The summed E-state index contributed by atoms with van der Waals surface area (Å²) in [6.45, 7) is 8.41. The van der Waals surface area contributed by atoms with Gasteiger partial charge in [-0.15, -0.1) is 0 Å². The van der Waals surface area contributed by atoms with Crippen LogP contribution in [0.3, 0.4) is 0 Å². The lowest BCUT2D eigenvalue weighted by atomic mass is 9.96. The number of carbonyl (C=O) groups is 1. The number of hydrogen-bond acceptors (Lipinski definition) is 6. The monoisotopic (exact) mass is 473 g/mol. The van der Waals surface area contributed by atoms with Crippen LogP contribution in [0, 0.1) is 12.8 Å². The van der Waals surface area contributed by atoms with E-state index in [2.05, 4.69) is 49.5 Å². The topological polar surface area (TPSA) is 74.5 Å². The zero-order chi connectivity index (χ0) is 24.0. The SMILES string of the molecule is Cc1ccccc1-c1noc(CN2CCC(C(=O)NCc3ccc(CN4CCCC4)cc3)CC2)n1. The largest absolute Gasteiger partial charge is 0.352 e. The van der Waals surface area contributed by atoms with Gasteiger partial charge in [-0.05, 0) is 75.5 Å². The Morgan fingerprint density at radius 3 is 2.37 bits per heavy atom. The predicted molar refractivity (Wildman–Crippen MR) is 135 cm³/mol. The molecule has 0 spiro atoms. The van der Waals surface area contributed by atoms with Crippen LogP contribution in [0.15, 0.2) is 53.1 Å². The van der Waals surface area contributed by atoms with Gasteiger partial charge in [-0.1, -0.05) is 53.7 Å². The van der Waals surface area contributed by atoms with E-state index in [-0.39, 0.29) is 11.8 Å². The molecule has 0 radical (unpaired) electrons. The fourth-order valence-electron chi connectivity index (χ4n) is 5.09. The lowest BCUT2D eigenvalue weighted by Crippen LogP contribution is -2.40. The summed E-state index contributed by atoms with van der Waals surface area (Å²) < 4.78 is 5.50. The van der Waals surface area contributed by atoms with E-state index in [0.29, 0.717) is 24.8 Å². The predicted octanol–water partition coefficient (Wildman–Crippen LogP) is 4.17. The summed E-state index contributed by atoms with van der Waals surface area (Å²) >= 11 is 0. The van der Waals surface area contributed by atoms with Crippen LogP contribution in [0.5, 0.6) is 0 Å². The molecule has 3 aromatic rings. The molecular formula is C28H35N5O2. The summed E-state index contributed by atoms with van der Waals surface area (Å²) in [6.07, 6.45) is 4.32. The molecular weight excluding hydrogens is 438 g/mol. The Hall–Kier alpha value is -3.03. The average Bonchev–Trinajstić information content (AvgIpc) is 3.57. The zero-order valence-corrected chi connectivity index (χ0v) is 20.6. The van der Waals surface area contributed by atoms with Crippen molar-refractivity contribution in [1.82, 2.24) is 25.3 Å². The Balaban J connectivity index is 1.05. The maximum atomic E-state index is 12.7. The van der Waals surface area contributed by atoms with Crippen molar-refractivity contribution in [2.24, 2.45) is 5.92 Å². The first-order valence-corrected chi connectivity index (χ1v) is 12.8. The smallest absolute Gasteiger partial charge is 0.241 e. The van der Waals surface area contributed by atoms with Crippen LogP contribution in [0.4, 0.5) is 0 Å². The molecule has 0 saturated carbocycles. The summed E-state index contributed by atoms with van der Waals surface area (Å²) in [6, 6.07) is 16.7. The third kappa shape index (κ3) is 6.16. The third-order valence-corrected chi connectivity index (χ3v) is 7.27. The van der Waals surface area contributed by atoms with Gasteiger partial charge in [0.1, 0.15) is 0 Å². The number of likely N-dealkylation sites (tertiary alicyclic amines) is 2. The number of rotatable bonds is 8.